The molecular weight excluding hydrogens is 223 g/mol. The van der Waals surface area contributed by atoms with Crippen LogP contribution in [0.25, 0.3) is 6.08 Å². The molecule has 2 aliphatic heterocycles. The number of nitrogens with one attached hydrogen (secondary N) is 2. The van der Waals surface area contributed by atoms with Gasteiger partial charge in [-0.05, 0) is 32.0 Å². The van der Waals surface area contributed by atoms with Gasteiger partial charge in [-0.25, -0.2) is 4.79 Å². The summed E-state index contributed by atoms with van der Waals surface area (Å²) in [6, 6.07) is 0.167. The van der Waals surface area contributed by atoms with Gasteiger partial charge in [0, 0.05) is 6.04 Å². The van der Waals surface area contributed by atoms with Crippen LogP contribution < -0.4 is 16.1 Å². The fraction of sp³-hybridized carbons (Fsp3) is 0.545. The molecule has 2 N–H and O–H groups in total. The van der Waals surface area contributed by atoms with Gasteiger partial charge in [0.2, 0.25) is 0 Å². The van der Waals surface area contributed by atoms with Gasteiger partial charge >= 0.3 is 5.69 Å². The predicted molar refractivity (Wildman–Crippen MR) is 63.7 cm³/mol. The van der Waals surface area contributed by atoms with E-state index in [4.69, 9.17) is 0 Å². The van der Waals surface area contributed by atoms with E-state index in [-0.39, 0.29) is 24.1 Å². The number of hydrogen-bond acceptors (Lipinski definition) is 3. The third-order valence-electron chi connectivity index (χ3n) is 3.40. The number of hydrogen-bond donors (Lipinski definition) is 2. The van der Waals surface area contributed by atoms with E-state index in [9.17, 15) is 9.28 Å². The zero-order chi connectivity index (χ0) is 11.8. The van der Waals surface area contributed by atoms with Crippen molar-refractivity contribution in [2.45, 2.75) is 18.9 Å². The Kier molecular flexibility index (Phi) is 2.51. The summed E-state index contributed by atoms with van der Waals surface area (Å²) in [7, 11) is 0. The summed E-state index contributed by atoms with van der Waals surface area (Å²) in [5.41, 5.74) is 0.451. The molecule has 0 radical (unpaired) electrons. The fourth-order valence-corrected chi connectivity index (χ4v) is 2.57. The highest BCUT2D eigenvalue weighted by Crippen LogP contribution is 2.27. The van der Waals surface area contributed by atoms with Gasteiger partial charge in [0.25, 0.3) is 0 Å². The van der Waals surface area contributed by atoms with Gasteiger partial charge in [0.05, 0.1) is 12.2 Å². The number of rotatable bonds is 1. The Morgan fingerprint density at radius 1 is 1.35 bits per heavy atom. The second-order valence-corrected chi connectivity index (χ2v) is 4.46. The highest BCUT2D eigenvalue weighted by Gasteiger charge is 2.25. The molecule has 0 atom stereocenters. The van der Waals surface area contributed by atoms with Crippen molar-refractivity contribution in [1.82, 2.24) is 14.9 Å². The molecule has 92 valence electrons. The molecule has 3 rings (SSSR count). The number of fused-ring (bicyclic) bond motifs is 1. The van der Waals surface area contributed by atoms with Crippen LogP contribution in [0.15, 0.2) is 10.9 Å². The Morgan fingerprint density at radius 3 is 2.88 bits per heavy atom. The first-order valence-corrected chi connectivity index (χ1v) is 5.92. The van der Waals surface area contributed by atoms with E-state index in [1.54, 1.807) is 10.6 Å². The Balaban J connectivity index is 2.05. The molecule has 5 nitrogen and oxygen atoms in total. The maximum Gasteiger partial charge on any atom is 0.327 e. The van der Waals surface area contributed by atoms with Crippen LogP contribution in [0.5, 0.6) is 0 Å². The van der Waals surface area contributed by atoms with E-state index in [1.807, 2.05) is 6.08 Å². The van der Waals surface area contributed by atoms with Crippen LogP contribution in [-0.4, -0.2) is 29.2 Å². The van der Waals surface area contributed by atoms with Crippen molar-refractivity contribution < 1.29 is 4.48 Å². The second kappa shape index (κ2) is 4.03. The molecule has 0 bridgehead atoms. The lowest BCUT2D eigenvalue weighted by atomic mass is 10.1. The SMILES string of the molecule is O=c1[nH]c2c(n1C1CCNCC1)C=CCN2F. The topological polar surface area (TPSA) is 53.1 Å². The van der Waals surface area contributed by atoms with Gasteiger partial charge in [-0.2, -0.15) is 5.12 Å². The fourth-order valence-electron chi connectivity index (χ4n) is 2.57. The Bertz CT molecular complexity index is 498. The number of halogens is 1. The number of piperidine rings is 1. The molecule has 0 amide bonds. The molecule has 2 aliphatic rings. The molecule has 1 fully saturated rings. The van der Waals surface area contributed by atoms with Crippen LogP contribution in [0.4, 0.5) is 10.3 Å². The summed E-state index contributed by atoms with van der Waals surface area (Å²) >= 11 is 0. The van der Waals surface area contributed by atoms with Crippen molar-refractivity contribution in [3.8, 4) is 0 Å². The predicted octanol–water partition coefficient (Wildman–Crippen LogP) is 0.819. The lowest BCUT2D eigenvalue weighted by molar-refractivity contribution is 0.359. The van der Waals surface area contributed by atoms with E-state index in [0.29, 0.717) is 10.8 Å². The minimum Gasteiger partial charge on any atom is -0.317 e. The average Bonchev–Trinajstić information content (AvgIpc) is 2.68. The van der Waals surface area contributed by atoms with Crippen molar-refractivity contribution >= 4 is 11.9 Å². The smallest absolute Gasteiger partial charge is 0.317 e. The lowest BCUT2D eigenvalue weighted by Gasteiger charge is -2.25. The summed E-state index contributed by atoms with van der Waals surface area (Å²) in [4.78, 5) is 14.5. The monoisotopic (exact) mass is 238 g/mol. The molecule has 17 heavy (non-hydrogen) atoms. The van der Waals surface area contributed by atoms with Crippen LogP contribution in [0.1, 0.15) is 24.6 Å². The van der Waals surface area contributed by atoms with Gasteiger partial charge in [-0.3, -0.25) is 9.55 Å². The Hall–Kier alpha value is -1.56. The van der Waals surface area contributed by atoms with Crippen molar-refractivity contribution in [3.63, 3.8) is 0 Å². The molecule has 1 saturated heterocycles. The number of anilines is 1. The van der Waals surface area contributed by atoms with E-state index < -0.39 is 0 Å². The lowest BCUT2D eigenvalue weighted by Crippen LogP contribution is -2.33. The molecule has 0 saturated carbocycles. The summed E-state index contributed by atoms with van der Waals surface area (Å²) < 4.78 is 15.2. The van der Waals surface area contributed by atoms with Gasteiger partial charge in [-0.15, -0.1) is 0 Å². The molecule has 1 aromatic rings. The summed E-state index contributed by atoms with van der Waals surface area (Å²) in [6.45, 7) is 2.00. The zero-order valence-electron chi connectivity index (χ0n) is 9.45. The van der Waals surface area contributed by atoms with Crippen LogP contribution in [0.3, 0.4) is 0 Å². The first-order valence-electron chi connectivity index (χ1n) is 5.92. The molecular formula is C11H15FN4O. The average molecular weight is 238 g/mol. The Morgan fingerprint density at radius 2 is 2.12 bits per heavy atom. The van der Waals surface area contributed by atoms with Crippen molar-refractivity contribution in [2.24, 2.45) is 0 Å². The summed E-state index contributed by atoms with van der Waals surface area (Å²) in [5, 5.41) is 3.83. The van der Waals surface area contributed by atoms with Crippen molar-refractivity contribution in [3.05, 3.63) is 22.3 Å². The van der Waals surface area contributed by atoms with Crippen molar-refractivity contribution in [2.75, 3.05) is 24.8 Å². The molecule has 0 aliphatic carbocycles. The first-order chi connectivity index (χ1) is 8.27. The van der Waals surface area contributed by atoms with E-state index in [0.717, 1.165) is 25.9 Å². The van der Waals surface area contributed by atoms with Crippen LogP contribution in [0, 0.1) is 0 Å². The molecule has 0 spiro atoms. The number of imidazole rings is 1. The van der Waals surface area contributed by atoms with Crippen molar-refractivity contribution in [1.29, 1.82) is 0 Å². The third-order valence-corrected chi connectivity index (χ3v) is 3.40. The highest BCUT2D eigenvalue weighted by atomic mass is 19.2. The van der Waals surface area contributed by atoms with Gasteiger partial charge < -0.3 is 5.32 Å². The van der Waals surface area contributed by atoms with Gasteiger partial charge in [0.1, 0.15) is 0 Å². The first kappa shape index (κ1) is 10.6. The second-order valence-electron chi connectivity index (χ2n) is 4.46. The summed E-state index contributed by atoms with van der Waals surface area (Å²) in [5.74, 6) is 0.288. The maximum atomic E-state index is 13.5. The van der Waals surface area contributed by atoms with Gasteiger partial charge in [0.15, 0.2) is 5.82 Å². The molecule has 0 aromatic carbocycles. The molecule has 1 aromatic heterocycles. The molecule has 3 heterocycles. The maximum absolute atomic E-state index is 13.5. The number of nitrogens with zero attached hydrogens (tertiary/aromatic N) is 2. The van der Waals surface area contributed by atoms with E-state index >= 15 is 0 Å². The van der Waals surface area contributed by atoms with E-state index in [2.05, 4.69) is 10.3 Å². The highest BCUT2D eigenvalue weighted by molar-refractivity contribution is 5.64. The van der Waals surface area contributed by atoms with E-state index in [1.165, 1.54) is 0 Å². The largest absolute Gasteiger partial charge is 0.327 e. The van der Waals surface area contributed by atoms with Crippen LogP contribution >= 0.6 is 0 Å². The van der Waals surface area contributed by atoms with Crippen LogP contribution in [-0.2, 0) is 0 Å². The molecule has 0 unspecified atom stereocenters. The minimum atomic E-state index is -0.212. The molecule has 6 heteroatoms. The van der Waals surface area contributed by atoms with Crippen LogP contribution in [0.2, 0.25) is 0 Å². The summed E-state index contributed by atoms with van der Waals surface area (Å²) in [6.07, 6.45) is 5.37. The third kappa shape index (κ3) is 1.68. The number of aromatic amines is 1. The number of H-pyrrole nitrogens is 1. The normalized spacial score (nSPS) is 20.6. The number of aromatic nitrogens is 2. The Labute approximate surface area is 97.9 Å². The minimum absolute atomic E-state index is 0.167. The standard InChI is InChI=1S/C11H15FN4O/c12-15-7-1-2-9-10(15)14-11(17)16(9)8-3-5-13-6-4-8/h1-2,8,13H,3-7H2,(H,14,17). The zero-order valence-corrected chi connectivity index (χ0v) is 9.45. The quantitative estimate of drug-likeness (QED) is 0.712. The van der Waals surface area contributed by atoms with Gasteiger partial charge in [-0.1, -0.05) is 10.6 Å².